The maximum atomic E-state index is 12.2. The lowest BCUT2D eigenvalue weighted by Crippen LogP contribution is -2.28. The predicted octanol–water partition coefficient (Wildman–Crippen LogP) is 1.30. The Hall–Kier alpha value is -1.37. The molecule has 0 atom stereocenters. The summed E-state index contributed by atoms with van der Waals surface area (Å²) in [7, 11) is -4.03. The monoisotopic (exact) mass is 343 g/mol. The van der Waals surface area contributed by atoms with Crippen LogP contribution in [0.15, 0.2) is 16.6 Å². The number of aromatic nitrogens is 2. The second kappa shape index (κ2) is 5.79. The number of nitrogens with zero attached hydrogens (tertiary/aromatic N) is 2. The molecule has 0 saturated carbocycles. The van der Waals surface area contributed by atoms with Gasteiger partial charge in [-0.25, -0.2) is 19.0 Å². The van der Waals surface area contributed by atoms with Crippen molar-refractivity contribution in [2.75, 3.05) is 12.0 Å². The predicted molar refractivity (Wildman–Crippen MR) is 71.4 cm³/mol. The Bertz CT molecular complexity index is 721. The van der Waals surface area contributed by atoms with Crippen molar-refractivity contribution < 1.29 is 21.6 Å². The Kier molecular flexibility index (Phi) is 4.41. The normalized spacial score (nSPS) is 13.0. The molecule has 2 rings (SSSR count). The minimum atomic E-state index is -4.31. The minimum absolute atomic E-state index is 0.0647. The molecule has 7 nitrogen and oxygen atoms in total. The molecule has 21 heavy (non-hydrogen) atoms. The molecule has 2 aromatic heterocycles. The molecule has 0 aromatic carbocycles. The molecule has 2 aromatic rings. The summed E-state index contributed by atoms with van der Waals surface area (Å²) in [4.78, 5) is 4.37. The van der Waals surface area contributed by atoms with Crippen LogP contribution in [0.1, 0.15) is 12.8 Å². The van der Waals surface area contributed by atoms with Gasteiger partial charge in [0.2, 0.25) is 5.03 Å². The highest BCUT2D eigenvalue weighted by molar-refractivity contribution is 7.89. The minimum Gasteiger partial charge on any atom is -0.306 e. The van der Waals surface area contributed by atoms with E-state index in [2.05, 4.69) is 15.1 Å². The molecule has 0 fully saturated rings. The fourth-order valence-electron chi connectivity index (χ4n) is 1.68. The Labute approximate surface area is 122 Å². The molecule has 12 heteroatoms. The molecule has 0 saturated heterocycles. The number of alkyl halides is 3. The van der Waals surface area contributed by atoms with E-state index in [1.165, 1.54) is 21.9 Å². The van der Waals surface area contributed by atoms with Crippen LogP contribution < -0.4 is 16.0 Å². The zero-order valence-electron chi connectivity index (χ0n) is 10.5. The van der Waals surface area contributed by atoms with Gasteiger partial charge in [0, 0.05) is 24.5 Å². The van der Waals surface area contributed by atoms with Gasteiger partial charge >= 0.3 is 6.18 Å². The SMILES string of the molecule is NNc1nc2sccn2c1S(=O)(=O)NCCCC(F)(F)F. The van der Waals surface area contributed by atoms with Crippen molar-refractivity contribution in [2.45, 2.75) is 24.0 Å². The summed E-state index contributed by atoms with van der Waals surface area (Å²) in [5.74, 6) is 5.16. The molecule has 0 amide bonds. The summed E-state index contributed by atoms with van der Waals surface area (Å²) >= 11 is 1.20. The van der Waals surface area contributed by atoms with Crippen LogP contribution in [0.25, 0.3) is 4.96 Å². The number of fused-ring (bicyclic) bond motifs is 1. The summed E-state index contributed by atoms with van der Waals surface area (Å²) < 4.78 is 63.8. The summed E-state index contributed by atoms with van der Waals surface area (Å²) in [6.07, 6.45) is -4.23. The van der Waals surface area contributed by atoms with Gasteiger partial charge in [-0.15, -0.1) is 11.3 Å². The number of thiazole rings is 1. The number of hydrogen-bond donors (Lipinski definition) is 3. The van der Waals surface area contributed by atoms with E-state index in [1.807, 2.05) is 0 Å². The van der Waals surface area contributed by atoms with Crippen LogP contribution in [0.3, 0.4) is 0 Å². The van der Waals surface area contributed by atoms with Gasteiger partial charge in [0.1, 0.15) is 0 Å². The molecule has 118 valence electrons. The Morgan fingerprint density at radius 3 is 2.76 bits per heavy atom. The first-order valence-electron chi connectivity index (χ1n) is 5.73. The average molecular weight is 343 g/mol. The quantitative estimate of drug-likeness (QED) is 0.417. The highest BCUT2D eigenvalue weighted by Gasteiger charge is 2.28. The summed E-state index contributed by atoms with van der Waals surface area (Å²) in [5.41, 5.74) is 2.17. The first kappa shape index (κ1) is 16.0. The van der Waals surface area contributed by atoms with Gasteiger partial charge < -0.3 is 5.43 Å². The number of halogens is 3. The first-order chi connectivity index (χ1) is 9.74. The molecule has 0 radical (unpaired) electrons. The van der Waals surface area contributed by atoms with Crippen molar-refractivity contribution in [3.05, 3.63) is 11.6 Å². The number of imidazole rings is 1. The van der Waals surface area contributed by atoms with E-state index in [4.69, 9.17) is 5.84 Å². The highest BCUT2D eigenvalue weighted by atomic mass is 32.2. The van der Waals surface area contributed by atoms with Crippen LogP contribution in [0.4, 0.5) is 19.0 Å². The highest BCUT2D eigenvalue weighted by Crippen LogP contribution is 2.25. The maximum Gasteiger partial charge on any atom is 0.389 e. The van der Waals surface area contributed by atoms with Gasteiger partial charge in [-0.1, -0.05) is 0 Å². The summed E-state index contributed by atoms with van der Waals surface area (Å²) in [6, 6.07) is 0. The van der Waals surface area contributed by atoms with Crippen molar-refractivity contribution in [1.82, 2.24) is 14.1 Å². The van der Waals surface area contributed by atoms with Gasteiger partial charge in [0.05, 0.1) is 0 Å². The van der Waals surface area contributed by atoms with E-state index in [0.717, 1.165) is 0 Å². The molecule has 4 N–H and O–H groups in total. The van der Waals surface area contributed by atoms with E-state index < -0.39 is 22.6 Å². The molecule has 0 aliphatic heterocycles. The van der Waals surface area contributed by atoms with Gasteiger partial charge in [-0.3, -0.25) is 4.40 Å². The average Bonchev–Trinajstić information content (AvgIpc) is 2.92. The molecule has 0 unspecified atom stereocenters. The smallest absolute Gasteiger partial charge is 0.306 e. The molecule has 0 aliphatic carbocycles. The van der Waals surface area contributed by atoms with Gasteiger partial charge in [-0.2, -0.15) is 18.2 Å². The third-order valence-electron chi connectivity index (χ3n) is 2.54. The van der Waals surface area contributed by atoms with Gasteiger partial charge in [0.15, 0.2) is 10.8 Å². The molecular formula is C9H12F3N5O2S2. The van der Waals surface area contributed by atoms with Crippen LogP contribution in [0.5, 0.6) is 0 Å². The third-order valence-corrected chi connectivity index (χ3v) is 4.78. The van der Waals surface area contributed by atoms with Crippen molar-refractivity contribution in [2.24, 2.45) is 5.84 Å². The van der Waals surface area contributed by atoms with Crippen LogP contribution >= 0.6 is 11.3 Å². The van der Waals surface area contributed by atoms with E-state index in [9.17, 15) is 21.6 Å². The second-order valence-electron chi connectivity index (χ2n) is 4.08. The molecule has 0 spiro atoms. The van der Waals surface area contributed by atoms with Crippen molar-refractivity contribution in [1.29, 1.82) is 0 Å². The molecule has 2 heterocycles. The van der Waals surface area contributed by atoms with E-state index in [1.54, 1.807) is 5.38 Å². The summed E-state index contributed by atoms with van der Waals surface area (Å²) in [5, 5.41) is 1.40. The molecule has 0 bridgehead atoms. The topological polar surface area (TPSA) is 102 Å². The van der Waals surface area contributed by atoms with Crippen LogP contribution in [0.2, 0.25) is 0 Å². The Morgan fingerprint density at radius 1 is 1.43 bits per heavy atom. The van der Waals surface area contributed by atoms with Crippen LogP contribution in [-0.4, -0.2) is 30.5 Å². The van der Waals surface area contributed by atoms with Gasteiger partial charge in [0.25, 0.3) is 10.0 Å². The second-order valence-corrected chi connectivity index (χ2v) is 6.64. The lowest BCUT2D eigenvalue weighted by atomic mass is 10.3. The number of rotatable bonds is 6. The van der Waals surface area contributed by atoms with E-state index >= 15 is 0 Å². The first-order valence-corrected chi connectivity index (χ1v) is 8.09. The van der Waals surface area contributed by atoms with Crippen molar-refractivity contribution >= 4 is 32.1 Å². The van der Waals surface area contributed by atoms with Crippen molar-refractivity contribution in [3.8, 4) is 0 Å². The fraction of sp³-hybridized carbons (Fsp3) is 0.444. The lowest BCUT2D eigenvalue weighted by Gasteiger charge is -2.09. The van der Waals surface area contributed by atoms with Crippen LogP contribution in [0, 0.1) is 0 Å². The number of nitrogens with two attached hydrogens (primary N) is 1. The third kappa shape index (κ3) is 3.64. The maximum absolute atomic E-state index is 12.2. The van der Waals surface area contributed by atoms with E-state index in [-0.39, 0.29) is 23.8 Å². The zero-order valence-corrected chi connectivity index (χ0v) is 12.1. The number of hydrazine groups is 1. The number of sulfonamides is 1. The number of hydrogen-bond acceptors (Lipinski definition) is 6. The lowest BCUT2D eigenvalue weighted by molar-refractivity contribution is -0.135. The Morgan fingerprint density at radius 2 is 2.14 bits per heavy atom. The largest absolute Gasteiger partial charge is 0.389 e. The van der Waals surface area contributed by atoms with Gasteiger partial charge in [-0.05, 0) is 6.42 Å². The van der Waals surface area contributed by atoms with E-state index in [0.29, 0.717) is 4.96 Å². The standard InChI is InChI=1S/C9H12F3N5O2S2/c10-9(11,12)2-1-3-14-21(18,19)7-6(16-13)15-8-17(7)4-5-20-8/h4-5,14,16H,1-3,13H2. The van der Waals surface area contributed by atoms with Crippen LogP contribution in [-0.2, 0) is 10.0 Å². The summed E-state index contributed by atoms with van der Waals surface area (Å²) in [6.45, 7) is -0.330. The molecular weight excluding hydrogens is 331 g/mol. The number of nitrogens with one attached hydrogen (secondary N) is 2. The Balaban J connectivity index is 2.16. The van der Waals surface area contributed by atoms with Crippen molar-refractivity contribution in [3.63, 3.8) is 0 Å². The fourth-order valence-corrected chi connectivity index (χ4v) is 3.77. The molecule has 0 aliphatic rings. The number of nitrogen functional groups attached to an aromatic ring is 1. The zero-order chi connectivity index (χ0) is 15.7. The number of anilines is 1.